The number of benzene rings is 2. The van der Waals surface area contributed by atoms with Crippen LogP contribution in [-0.2, 0) is 0 Å². The van der Waals surface area contributed by atoms with Gasteiger partial charge >= 0.3 is 0 Å². The average molecular weight is 513 g/mol. The fraction of sp³-hybridized carbons (Fsp3) is 0.481. The Kier molecular flexibility index (Phi) is 9.05. The van der Waals surface area contributed by atoms with Crippen LogP contribution in [0.25, 0.3) is 0 Å². The molecule has 2 aromatic rings. The van der Waals surface area contributed by atoms with Crippen molar-refractivity contribution in [1.82, 2.24) is 0 Å². The molecule has 0 aliphatic carbocycles. The number of nitrogens with two attached hydrogens (primary N) is 3. The standard InChI is InChI=1S/C27H40N6O2S/c1-26(2,35)10-11-31-17-19-15-23(32-25(34)18-6-5-7-21(14-18)36-30)24(16-22(19)28)33-12-8-20(9-13-33)27(3,4)29/h5-7,14-17,20,35H,8-13,28-30H2,1-4H3,(H,32,34). The van der Waals surface area contributed by atoms with Gasteiger partial charge in [-0.05, 0) is 95.2 Å². The van der Waals surface area contributed by atoms with Gasteiger partial charge in [0.2, 0.25) is 0 Å². The van der Waals surface area contributed by atoms with E-state index in [2.05, 4.69) is 29.1 Å². The molecule has 1 fully saturated rings. The Balaban J connectivity index is 1.89. The summed E-state index contributed by atoms with van der Waals surface area (Å²) in [5.74, 6) is 0.211. The maximum Gasteiger partial charge on any atom is 0.255 e. The van der Waals surface area contributed by atoms with E-state index in [4.69, 9.17) is 16.6 Å². The SMILES string of the molecule is CC(C)(O)CCN=Cc1cc(NC(=O)c2cccc(SN)c2)c(N2CCC(C(C)(C)N)CC2)cc1N. The summed E-state index contributed by atoms with van der Waals surface area (Å²) in [7, 11) is 0. The maximum absolute atomic E-state index is 13.2. The van der Waals surface area contributed by atoms with Crippen molar-refractivity contribution >= 4 is 41.1 Å². The molecule has 0 unspecified atom stereocenters. The fourth-order valence-corrected chi connectivity index (χ4v) is 4.72. The summed E-state index contributed by atoms with van der Waals surface area (Å²) in [6.07, 6.45) is 4.17. The Labute approximate surface area is 218 Å². The molecule has 1 saturated heterocycles. The molecule has 2 aromatic carbocycles. The normalized spacial score (nSPS) is 15.5. The van der Waals surface area contributed by atoms with E-state index in [0.29, 0.717) is 41.4 Å². The number of carbonyl (C=O) groups excluding carboxylic acids is 1. The van der Waals surface area contributed by atoms with E-state index in [1.165, 1.54) is 0 Å². The first-order chi connectivity index (χ1) is 16.9. The third kappa shape index (κ3) is 7.70. The zero-order chi connectivity index (χ0) is 26.5. The summed E-state index contributed by atoms with van der Waals surface area (Å²) in [5, 5.41) is 18.7. The van der Waals surface area contributed by atoms with Gasteiger partial charge in [0.25, 0.3) is 5.91 Å². The largest absolute Gasteiger partial charge is 0.398 e. The smallest absolute Gasteiger partial charge is 0.255 e. The summed E-state index contributed by atoms with van der Waals surface area (Å²) >= 11 is 1.10. The van der Waals surface area contributed by atoms with Crippen molar-refractivity contribution in [1.29, 1.82) is 0 Å². The second kappa shape index (κ2) is 11.6. The molecule has 9 heteroatoms. The average Bonchev–Trinajstić information content (AvgIpc) is 2.82. The minimum Gasteiger partial charge on any atom is -0.398 e. The number of hydrogen-bond donors (Lipinski definition) is 5. The summed E-state index contributed by atoms with van der Waals surface area (Å²) in [6, 6.07) is 11.0. The molecule has 1 aliphatic heterocycles. The van der Waals surface area contributed by atoms with Crippen molar-refractivity contribution in [3.63, 3.8) is 0 Å². The second-order valence-electron chi connectivity index (χ2n) is 10.8. The third-order valence-corrected chi connectivity index (χ3v) is 7.18. The number of nitrogens with zero attached hydrogens (tertiary/aromatic N) is 2. The van der Waals surface area contributed by atoms with Crippen molar-refractivity contribution in [3.8, 4) is 0 Å². The van der Waals surface area contributed by atoms with Crippen molar-refractivity contribution in [2.24, 2.45) is 21.8 Å². The number of piperidine rings is 1. The number of amides is 1. The predicted octanol–water partition coefficient (Wildman–Crippen LogP) is 4.02. The second-order valence-corrected chi connectivity index (χ2v) is 11.5. The summed E-state index contributed by atoms with van der Waals surface area (Å²) in [4.78, 5) is 20.7. The van der Waals surface area contributed by atoms with Gasteiger partial charge in [0, 0.05) is 53.1 Å². The van der Waals surface area contributed by atoms with Crippen LogP contribution in [0.1, 0.15) is 62.9 Å². The van der Waals surface area contributed by atoms with E-state index in [0.717, 1.165) is 48.5 Å². The van der Waals surface area contributed by atoms with E-state index in [1.54, 1.807) is 32.2 Å². The van der Waals surface area contributed by atoms with Gasteiger partial charge < -0.3 is 26.8 Å². The fourth-order valence-electron chi connectivity index (χ4n) is 4.37. The molecule has 36 heavy (non-hydrogen) atoms. The van der Waals surface area contributed by atoms with Crippen LogP contribution in [0.15, 0.2) is 46.3 Å². The van der Waals surface area contributed by atoms with Crippen LogP contribution in [0, 0.1) is 5.92 Å². The zero-order valence-corrected chi connectivity index (χ0v) is 22.6. The number of aliphatic hydroxyl groups is 1. The van der Waals surface area contributed by atoms with Crippen LogP contribution in [0.3, 0.4) is 0 Å². The Morgan fingerprint density at radius 2 is 1.92 bits per heavy atom. The van der Waals surface area contributed by atoms with Crippen molar-refractivity contribution < 1.29 is 9.90 Å². The van der Waals surface area contributed by atoms with Gasteiger partial charge in [0.1, 0.15) is 0 Å². The molecule has 0 saturated carbocycles. The number of hydrogen-bond acceptors (Lipinski definition) is 8. The van der Waals surface area contributed by atoms with Gasteiger partial charge in [0.05, 0.1) is 17.0 Å². The molecule has 8 N–H and O–H groups in total. The maximum atomic E-state index is 13.2. The number of nitrogen functional groups attached to an aromatic ring is 1. The van der Waals surface area contributed by atoms with E-state index in [9.17, 15) is 9.90 Å². The van der Waals surface area contributed by atoms with Gasteiger partial charge in [-0.1, -0.05) is 6.07 Å². The Morgan fingerprint density at radius 1 is 1.22 bits per heavy atom. The van der Waals surface area contributed by atoms with E-state index in [1.807, 2.05) is 24.3 Å². The van der Waals surface area contributed by atoms with E-state index < -0.39 is 5.60 Å². The van der Waals surface area contributed by atoms with Crippen molar-refractivity contribution in [2.45, 2.75) is 63.0 Å². The molecule has 8 nitrogen and oxygen atoms in total. The van der Waals surface area contributed by atoms with Crippen LogP contribution in [0.4, 0.5) is 17.1 Å². The highest BCUT2D eigenvalue weighted by Crippen LogP contribution is 2.36. The number of rotatable bonds is 9. The predicted molar refractivity (Wildman–Crippen MR) is 152 cm³/mol. The molecule has 0 aromatic heterocycles. The quantitative estimate of drug-likeness (QED) is 0.194. The Hall–Kier alpha value is -2.59. The first kappa shape index (κ1) is 28.0. The van der Waals surface area contributed by atoms with Gasteiger partial charge in [-0.25, -0.2) is 0 Å². The molecule has 0 radical (unpaired) electrons. The van der Waals surface area contributed by atoms with Crippen LogP contribution in [0.2, 0.25) is 0 Å². The van der Waals surface area contributed by atoms with Crippen LogP contribution >= 0.6 is 11.9 Å². The molecule has 0 bridgehead atoms. The molecular weight excluding hydrogens is 472 g/mol. The van der Waals surface area contributed by atoms with Gasteiger partial charge in [-0.3, -0.25) is 14.9 Å². The van der Waals surface area contributed by atoms with Gasteiger partial charge in [-0.2, -0.15) is 0 Å². The number of carbonyl (C=O) groups is 1. The first-order valence-electron chi connectivity index (χ1n) is 12.3. The van der Waals surface area contributed by atoms with Crippen LogP contribution < -0.4 is 26.8 Å². The summed E-state index contributed by atoms with van der Waals surface area (Å²) in [6.45, 7) is 9.79. The van der Waals surface area contributed by atoms with Crippen LogP contribution in [0.5, 0.6) is 0 Å². The molecule has 3 rings (SSSR count). The van der Waals surface area contributed by atoms with Crippen molar-refractivity contribution in [3.05, 3.63) is 47.5 Å². The third-order valence-electron chi connectivity index (χ3n) is 6.65. The van der Waals surface area contributed by atoms with E-state index in [-0.39, 0.29) is 11.4 Å². The lowest BCUT2D eigenvalue weighted by Crippen LogP contribution is -2.47. The molecule has 196 valence electrons. The summed E-state index contributed by atoms with van der Waals surface area (Å²) in [5.41, 5.74) is 15.2. The Bertz CT molecular complexity index is 1080. The van der Waals surface area contributed by atoms with Crippen LogP contribution in [-0.4, -0.2) is 48.0 Å². The first-order valence-corrected chi connectivity index (χ1v) is 13.2. The minimum absolute atomic E-state index is 0.222. The van der Waals surface area contributed by atoms with Crippen molar-refractivity contribution in [2.75, 3.05) is 35.6 Å². The topological polar surface area (TPSA) is 143 Å². The highest BCUT2D eigenvalue weighted by molar-refractivity contribution is 7.97. The van der Waals surface area contributed by atoms with Gasteiger partial charge in [0.15, 0.2) is 0 Å². The highest BCUT2D eigenvalue weighted by atomic mass is 32.2. The monoisotopic (exact) mass is 512 g/mol. The highest BCUT2D eigenvalue weighted by Gasteiger charge is 2.30. The summed E-state index contributed by atoms with van der Waals surface area (Å²) < 4.78 is 0. The molecule has 1 heterocycles. The number of nitrogens with one attached hydrogen (secondary N) is 1. The lowest BCUT2D eigenvalue weighted by atomic mass is 9.81. The lowest BCUT2D eigenvalue weighted by Gasteiger charge is -2.40. The molecule has 1 aliphatic rings. The van der Waals surface area contributed by atoms with Gasteiger partial charge in [-0.15, -0.1) is 0 Å². The van der Waals surface area contributed by atoms with E-state index >= 15 is 0 Å². The number of anilines is 3. The Morgan fingerprint density at radius 3 is 2.53 bits per heavy atom. The molecule has 1 amide bonds. The minimum atomic E-state index is -0.785. The molecule has 0 atom stereocenters. The zero-order valence-electron chi connectivity index (χ0n) is 21.8. The molecule has 0 spiro atoms. The molecular formula is C27H40N6O2S. The number of aliphatic imine (C=N–C) groups is 1. The lowest BCUT2D eigenvalue weighted by molar-refractivity contribution is 0.0739.